The highest BCUT2D eigenvalue weighted by molar-refractivity contribution is 5.94. The van der Waals surface area contributed by atoms with Crippen molar-refractivity contribution in [3.63, 3.8) is 0 Å². The van der Waals surface area contributed by atoms with Crippen molar-refractivity contribution in [2.24, 2.45) is 0 Å². The van der Waals surface area contributed by atoms with Gasteiger partial charge in [-0.3, -0.25) is 19.4 Å². The van der Waals surface area contributed by atoms with Crippen molar-refractivity contribution in [3.05, 3.63) is 59.9 Å². The molecule has 1 saturated heterocycles. The summed E-state index contributed by atoms with van der Waals surface area (Å²) in [5.41, 5.74) is 1.53. The van der Waals surface area contributed by atoms with E-state index in [4.69, 9.17) is 9.47 Å². The van der Waals surface area contributed by atoms with Gasteiger partial charge in [0.05, 0.1) is 19.3 Å². The molecule has 2 aliphatic rings. The Morgan fingerprint density at radius 2 is 1.83 bits per heavy atom. The largest absolute Gasteiger partial charge is 0.484 e. The Hall–Kier alpha value is -3.26. The van der Waals surface area contributed by atoms with Gasteiger partial charge in [0.15, 0.2) is 12.4 Å². The van der Waals surface area contributed by atoms with E-state index in [2.05, 4.69) is 4.98 Å². The van der Waals surface area contributed by atoms with E-state index in [-0.39, 0.29) is 42.9 Å². The highest BCUT2D eigenvalue weighted by atomic mass is 16.5. The molecule has 186 valence electrons. The third-order valence-electron chi connectivity index (χ3n) is 6.67. The van der Waals surface area contributed by atoms with Crippen molar-refractivity contribution < 1.29 is 23.9 Å². The average Bonchev–Trinajstić information content (AvgIpc) is 3.06. The summed E-state index contributed by atoms with van der Waals surface area (Å²) in [4.78, 5) is 45.3. The van der Waals surface area contributed by atoms with Crippen LogP contribution in [0.5, 0.6) is 5.75 Å². The van der Waals surface area contributed by atoms with Gasteiger partial charge >= 0.3 is 0 Å². The van der Waals surface area contributed by atoms with Gasteiger partial charge in [0.2, 0.25) is 5.91 Å². The molecule has 1 atom stereocenters. The van der Waals surface area contributed by atoms with Crippen LogP contribution in [0.1, 0.15) is 54.9 Å². The molecule has 0 bridgehead atoms. The smallest absolute Gasteiger partial charge is 0.261 e. The van der Waals surface area contributed by atoms with E-state index in [9.17, 15) is 14.4 Å². The number of rotatable bonds is 8. The fraction of sp³-hybridized carbons (Fsp3) is 0.481. The molecule has 0 N–H and O–H groups in total. The van der Waals surface area contributed by atoms with E-state index in [0.717, 1.165) is 31.2 Å². The van der Waals surface area contributed by atoms with Crippen molar-refractivity contribution in [3.8, 4) is 5.75 Å². The number of hydrogen-bond donors (Lipinski definition) is 0. The van der Waals surface area contributed by atoms with Crippen LogP contribution in [-0.2, 0) is 20.9 Å². The fourth-order valence-corrected chi connectivity index (χ4v) is 4.70. The number of amides is 2. The Bertz CT molecular complexity index is 1010. The first-order chi connectivity index (χ1) is 17.0. The second-order valence-electron chi connectivity index (χ2n) is 9.28. The summed E-state index contributed by atoms with van der Waals surface area (Å²) in [6.45, 7) is 2.49. The highest BCUT2D eigenvalue weighted by Crippen LogP contribution is 2.25. The van der Waals surface area contributed by atoms with Gasteiger partial charge in [0.25, 0.3) is 5.91 Å². The molecule has 8 nitrogen and oxygen atoms in total. The summed E-state index contributed by atoms with van der Waals surface area (Å²) < 4.78 is 11.9. The van der Waals surface area contributed by atoms with Crippen molar-refractivity contribution >= 4 is 17.6 Å². The summed E-state index contributed by atoms with van der Waals surface area (Å²) in [7, 11) is 0. The summed E-state index contributed by atoms with van der Waals surface area (Å²) in [6, 6.07) is 10.7. The van der Waals surface area contributed by atoms with Crippen molar-refractivity contribution in [2.75, 3.05) is 26.2 Å². The molecule has 4 rings (SSSR count). The first kappa shape index (κ1) is 24.9. The van der Waals surface area contributed by atoms with Crippen LogP contribution >= 0.6 is 0 Å². The van der Waals surface area contributed by atoms with E-state index >= 15 is 0 Å². The van der Waals surface area contributed by atoms with E-state index in [1.165, 1.54) is 13.3 Å². The standard InChI is InChI=1S/C27H33N3O5/c1-20(31)22-9-11-24(12-10-22)35-19-27(33)29-15-25(34-18-21-6-5-13-28-14-21)16-30(26(32)17-29)23-7-3-2-4-8-23/h5-6,9-14,23,25H,2-4,7-8,15-19H2,1H3. The minimum Gasteiger partial charge on any atom is -0.484 e. The number of ether oxygens (including phenoxy) is 2. The van der Waals surface area contributed by atoms with Gasteiger partial charge in [0, 0.05) is 37.1 Å². The van der Waals surface area contributed by atoms with Gasteiger partial charge in [-0.2, -0.15) is 0 Å². The number of hydrogen-bond acceptors (Lipinski definition) is 6. The first-order valence-corrected chi connectivity index (χ1v) is 12.3. The van der Waals surface area contributed by atoms with E-state index in [1.807, 2.05) is 17.0 Å². The molecule has 1 unspecified atom stereocenters. The minimum absolute atomic E-state index is 0.0225. The second kappa shape index (κ2) is 11.9. The van der Waals surface area contributed by atoms with Gasteiger partial charge in [-0.25, -0.2) is 0 Å². The van der Waals surface area contributed by atoms with Crippen LogP contribution in [-0.4, -0.2) is 70.8 Å². The third kappa shape index (κ3) is 6.88. The van der Waals surface area contributed by atoms with E-state index < -0.39 is 0 Å². The summed E-state index contributed by atoms with van der Waals surface area (Å²) in [6.07, 6.45) is 8.60. The van der Waals surface area contributed by atoms with Gasteiger partial charge in [-0.15, -0.1) is 0 Å². The third-order valence-corrected chi connectivity index (χ3v) is 6.67. The molecule has 35 heavy (non-hydrogen) atoms. The summed E-state index contributed by atoms with van der Waals surface area (Å²) >= 11 is 0. The monoisotopic (exact) mass is 479 g/mol. The molecule has 8 heteroatoms. The normalized spacial score (nSPS) is 19.3. The Morgan fingerprint density at radius 1 is 1.06 bits per heavy atom. The minimum atomic E-state index is -0.303. The Kier molecular flexibility index (Phi) is 8.47. The Morgan fingerprint density at radius 3 is 2.51 bits per heavy atom. The maximum Gasteiger partial charge on any atom is 0.261 e. The SMILES string of the molecule is CC(=O)c1ccc(OCC(=O)N2CC(=O)N(C3CCCCC3)CC(OCc3cccnc3)C2)cc1. The Balaban J connectivity index is 1.42. The van der Waals surface area contributed by atoms with Crippen LogP contribution in [0, 0.1) is 0 Å². The number of nitrogens with zero attached hydrogens (tertiary/aromatic N) is 3. The number of Topliss-reactive ketones (excluding diaryl/α,β-unsaturated/α-hetero) is 1. The van der Waals surface area contributed by atoms with Crippen molar-refractivity contribution in [2.45, 2.75) is 57.8 Å². The maximum absolute atomic E-state index is 13.2. The quantitative estimate of drug-likeness (QED) is 0.540. The number of ketones is 1. The highest BCUT2D eigenvalue weighted by Gasteiger charge is 2.35. The number of benzene rings is 1. The fourth-order valence-electron chi connectivity index (χ4n) is 4.70. The van der Waals surface area contributed by atoms with E-state index in [1.54, 1.807) is 41.6 Å². The van der Waals surface area contributed by atoms with Gasteiger partial charge in [0.1, 0.15) is 5.75 Å². The lowest BCUT2D eigenvalue weighted by Gasteiger charge is -2.34. The number of pyridine rings is 1. The molecule has 0 radical (unpaired) electrons. The predicted molar refractivity (Wildman–Crippen MR) is 130 cm³/mol. The zero-order valence-electron chi connectivity index (χ0n) is 20.2. The molecule has 2 amide bonds. The molecular weight excluding hydrogens is 446 g/mol. The molecule has 1 aliphatic carbocycles. The topological polar surface area (TPSA) is 89.0 Å². The molecule has 1 aliphatic heterocycles. The van der Waals surface area contributed by atoms with Gasteiger partial charge < -0.3 is 19.3 Å². The average molecular weight is 480 g/mol. The van der Waals surface area contributed by atoms with Crippen LogP contribution in [0.2, 0.25) is 0 Å². The van der Waals surface area contributed by atoms with Crippen LogP contribution in [0.4, 0.5) is 0 Å². The number of carbonyl (C=O) groups is 3. The number of carbonyl (C=O) groups excluding carboxylic acids is 3. The van der Waals surface area contributed by atoms with Crippen LogP contribution < -0.4 is 4.74 Å². The molecule has 1 saturated carbocycles. The molecule has 2 fully saturated rings. The molecule has 1 aromatic carbocycles. The first-order valence-electron chi connectivity index (χ1n) is 12.3. The van der Waals surface area contributed by atoms with Crippen LogP contribution in [0.15, 0.2) is 48.8 Å². The lowest BCUT2D eigenvalue weighted by atomic mass is 9.94. The molecule has 1 aromatic heterocycles. The van der Waals surface area contributed by atoms with Crippen LogP contribution in [0.3, 0.4) is 0 Å². The second-order valence-corrected chi connectivity index (χ2v) is 9.28. The predicted octanol–water partition coefficient (Wildman–Crippen LogP) is 3.25. The van der Waals surface area contributed by atoms with Crippen molar-refractivity contribution in [1.29, 1.82) is 0 Å². The maximum atomic E-state index is 13.2. The molecular formula is C27H33N3O5. The van der Waals surface area contributed by atoms with Gasteiger partial charge in [-0.1, -0.05) is 25.3 Å². The lowest BCUT2D eigenvalue weighted by molar-refractivity contribution is -0.141. The summed E-state index contributed by atoms with van der Waals surface area (Å²) in [5.74, 6) is 0.159. The van der Waals surface area contributed by atoms with Crippen molar-refractivity contribution in [1.82, 2.24) is 14.8 Å². The Labute approximate surface area is 206 Å². The summed E-state index contributed by atoms with van der Waals surface area (Å²) in [5, 5.41) is 0. The van der Waals surface area contributed by atoms with Crippen LogP contribution in [0.25, 0.3) is 0 Å². The number of aromatic nitrogens is 1. The molecule has 0 spiro atoms. The van der Waals surface area contributed by atoms with Gasteiger partial charge in [-0.05, 0) is 55.7 Å². The zero-order valence-corrected chi connectivity index (χ0v) is 20.2. The molecule has 2 aromatic rings. The zero-order chi connectivity index (χ0) is 24.6. The molecule has 2 heterocycles. The lowest BCUT2D eigenvalue weighted by Crippen LogP contribution is -2.46. The van der Waals surface area contributed by atoms with E-state index in [0.29, 0.717) is 31.0 Å².